The van der Waals surface area contributed by atoms with Gasteiger partial charge >= 0.3 is 5.97 Å². The van der Waals surface area contributed by atoms with Crippen molar-refractivity contribution in [2.45, 2.75) is 20.3 Å². The van der Waals surface area contributed by atoms with Gasteiger partial charge in [0.25, 0.3) is 5.91 Å². The number of H-pyrrole nitrogens is 1. The highest BCUT2D eigenvalue weighted by Crippen LogP contribution is 2.20. The molecule has 1 amide bonds. The number of nitrogens with one attached hydrogen (secondary N) is 1. The lowest BCUT2D eigenvalue weighted by Gasteiger charge is -2.21. The molecule has 0 spiro atoms. The lowest BCUT2D eigenvalue weighted by molar-refractivity contribution is 0.0593. The number of hydrogen-bond acceptors (Lipinski definition) is 6. The van der Waals surface area contributed by atoms with E-state index in [1.54, 1.807) is 33.1 Å². The second kappa shape index (κ2) is 9.18. The van der Waals surface area contributed by atoms with Crippen LogP contribution in [0.1, 0.15) is 49.1 Å². The third kappa shape index (κ3) is 4.65. The zero-order valence-corrected chi connectivity index (χ0v) is 16.0. The van der Waals surface area contributed by atoms with E-state index in [9.17, 15) is 14.4 Å². The quantitative estimate of drug-likeness (QED) is 0.410. The van der Waals surface area contributed by atoms with Crippen LogP contribution >= 0.6 is 0 Å². The van der Waals surface area contributed by atoms with Gasteiger partial charge in [-0.15, -0.1) is 0 Å². The molecule has 27 heavy (non-hydrogen) atoms. The average Bonchev–Trinajstić information content (AvgIpc) is 3.28. The average molecular weight is 376 g/mol. The normalized spacial score (nSPS) is 10.7. The Bertz CT molecular complexity index is 807. The summed E-state index contributed by atoms with van der Waals surface area (Å²) in [6.07, 6.45) is 1.99. The number of carbonyl (C=O) groups is 3. The molecule has 2 rings (SSSR count). The number of rotatable bonds is 9. The van der Waals surface area contributed by atoms with Crippen LogP contribution < -0.4 is 0 Å². The Labute approximate surface area is 157 Å². The number of aryl methyl sites for hydroxylation is 1. The summed E-state index contributed by atoms with van der Waals surface area (Å²) >= 11 is 0. The first-order valence-electron chi connectivity index (χ1n) is 8.53. The minimum Gasteiger partial charge on any atom is -0.464 e. The summed E-state index contributed by atoms with van der Waals surface area (Å²) in [4.78, 5) is 41.7. The number of nitrogens with zero attached hydrogens (tertiary/aromatic N) is 1. The number of methoxy groups -OCH3 is 2. The molecule has 0 saturated carbocycles. The molecule has 0 saturated heterocycles. The summed E-state index contributed by atoms with van der Waals surface area (Å²) in [5.41, 5.74) is 1.69. The van der Waals surface area contributed by atoms with E-state index in [1.807, 2.05) is 0 Å². The van der Waals surface area contributed by atoms with Crippen molar-refractivity contribution in [3.8, 4) is 0 Å². The Morgan fingerprint density at radius 2 is 1.96 bits per heavy atom. The fourth-order valence-corrected chi connectivity index (χ4v) is 2.94. The predicted molar refractivity (Wildman–Crippen MR) is 97.0 cm³/mol. The Kier molecular flexibility index (Phi) is 6.95. The van der Waals surface area contributed by atoms with Crippen LogP contribution in [0.15, 0.2) is 22.8 Å². The first-order valence-corrected chi connectivity index (χ1v) is 8.53. The van der Waals surface area contributed by atoms with Crippen molar-refractivity contribution in [1.29, 1.82) is 0 Å². The number of aromatic amines is 1. The summed E-state index contributed by atoms with van der Waals surface area (Å²) < 4.78 is 14.9. The summed E-state index contributed by atoms with van der Waals surface area (Å²) in [5, 5.41) is 0. The van der Waals surface area contributed by atoms with E-state index >= 15 is 0 Å². The number of aromatic nitrogens is 1. The summed E-state index contributed by atoms with van der Waals surface area (Å²) in [5.74, 6) is -1.02. The first kappa shape index (κ1) is 20.4. The summed E-state index contributed by atoms with van der Waals surface area (Å²) in [6, 6.07) is 3.17. The second-order valence-electron chi connectivity index (χ2n) is 6.09. The van der Waals surface area contributed by atoms with Crippen molar-refractivity contribution in [3.63, 3.8) is 0 Å². The van der Waals surface area contributed by atoms with Crippen LogP contribution in [0.5, 0.6) is 0 Å². The molecule has 8 nitrogen and oxygen atoms in total. The van der Waals surface area contributed by atoms with E-state index in [1.165, 1.54) is 18.3 Å². The van der Waals surface area contributed by atoms with E-state index in [-0.39, 0.29) is 29.7 Å². The van der Waals surface area contributed by atoms with E-state index < -0.39 is 5.97 Å². The third-order valence-corrected chi connectivity index (χ3v) is 4.24. The Hall–Kier alpha value is -2.87. The molecule has 0 aliphatic heterocycles. The van der Waals surface area contributed by atoms with Gasteiger partial charge < -0.3 is 23.8 Å². The molecule has 1 N–H and O–H groups in total. The molecule has 2 aromatic heterocycles. The van der Waals surface area contributed by atoms with E-state index in [4.69, 9.17) is 13.9 Å². The van der Waals surface area contributed by atoms with Crippen molar-refractivity contribution >= 4 is 17.7 Å². The fraction of sp³-hybridized carbons (Fsp3) is 0.421. The van der Waals surface area contributed by atoms with Crippen molar-refractivity contribution in [1.82, 2.24) is 9.88 Å². The summed E-state index contributed by atoms with van der Waals surface area (Å²) in [6.45, 7) is 4.04. The maximum Gasteiger partial charge on any atom is 0.354 e. The number of carbonyl (C=O) groups excluding carboxylic acids is 3. The van der Waals surface area contributed by atoms with Gasteiger partial charge in [0.1, 0.15) is 5.69 Å². The highest BCUT2D eigenvalue weighted by atomic mass is 16.5. The Morgan fingerprint density at radius 3 is 2.56 bits per heavy atom. The third-order valence-electron chi connectivity index (χ3n) is 4.24. The molecular weight excluding hydrogens is 352 g/mol. The number of furan rings is 1. The van der Waals surface area contributed by atoms with Crippen LogP contribution in [0.25, 0.3) is 0 Å². The number of esters is 1. The molecule has 0 bridgehead atoms. The lowest BCUT2D eigenvalue weighted by atomic mass is 10.0. The van der Waals surface area contributed by atoms with Crippen molar-refractivity contribution in [2.24, 2.45) is 0 Å². The van der Waals surface area contributed by atoms with Crippen molar-refractivity contribution in [3.05, 3.63) is 46.7 Å². The van der Waals surface area contributed by atoms with Crippen LogP contribution in [0, 0.1) is 13.8 Å². The molecule has 0 aromatic carbocycles. The Morgan fingerprint density at radius 1 is 1.22 bits per heavy atom. The standard InChI is InChI=1S/C19H24N2O6/c1-12-16(13(2)20-17(12)19(24)26-4)14(22)11-21(8-6-9-25-3)18(23)15-7-5-10-27-15/h5,7,10,20H,6,8-9,11H2,1-4H3. The van der Waals surface area contributed by atoms with Gasteiger partial charge in [0.2, 0.25) is 0 Å². The van der Waals surface area contributed by atoms with Gasteiger partial charge in [-0.05, 0) is 38.0 Å². The van der Waals surface area contributed by atoms with E-state index in [0.717, 1.165) is 0 Å². The maximum absolute atomic E-state index is 12.9. The molecule has 0 fully saturated rings. The van der Waals surface area contributed by atoms with Gasteiger partial charge in [-0.3, -0.25) is 9.59 Å². The molecule has 0 radical (unpaired) electrons. The molecule has 0 aliphatic rings. The van der Waals surface area contributed by atoms with Gasteiger partial charge in [-0.2, -0.15) is 0 Å². The van der Waals surface area contributed by atoms with Gasteiger partial charge in [-0.25, -0.2) is 4.79 Å². The first-order chi connectivity index (χ1) is 12.9. The van der Waals surface area contributed by atoms with Crippen LogP contribution in [-0.2, 0) is 9.47 Å². The minimum atomic E-state index is -0.543. The smallest absolute Gasteiger partial charge is 0.354 e. The van der Waals surface area contributed by atoms with Gasteiger partial charge in [0.05, 0.1) is 19.9 Å². The van der Waals surface area contributed by atoms with Crippen LogP contribution in [-0.4, -0.2) is 61.5 Å². The number of hydrogen-bond donors (Lipinski definition) is 1. The highest BCUT2D eigenvalue weighted by Gasteiger charge is 2.26. The van der Waals surface area contributed by atoms with Crippen molar-refractivity contribution < 1.29 is 28.3 Å². The van der Waals surface area contributed by atoms with Gasteiger partial charge in [-0.1, -0.05) is 0 Å². The zero-order valence-electron chi connectivity index (χ0n) is 16.0. The number of Topliss-reactive ketones (excluding diaryl/α,β-unsaturated/α-hetero) is 1. The van der Waals surface area contributed by atoms with E-state index in [2.05, 4.69) is 4.98 Å². The topological polar surface area (TPSA) is 102 Å². The molecule has 0 aliphatic carbocycles. The highest BCUT2D eigenvalue weighted by molar-refractivity contribution is 6.05. The van der Waals surface area contributed by atoms with Crippen LogP contribution in [0.3, 0.4) is 0 Å². The van der Waals surface area contributed by atoms with E-state index in [0.29, 0.717) is 36.4 Å². The summed E-state index contributed by atoms with van der Waals surface area (Å²) in [7, 11) is 2.85. The number of ether oxygens (including phenoxy) is 2. The zero-order chi connectivity index (χ0) is 20.0. The fourth-order valence-electron chi connectivity index (χ4n) is 2.94. The minimum absolute atomic E-state index is 0.136. The Balaban J connectivity index is 2.24. The molecule has 0 atom stereocenters. The SMILES string of the molecule is COCCCN(CC(=O)c1c(C)[nH]c(C(=O)OC)c1C)C(=O)c1ccco1. The molecular formula is C19H24N2O6. The maximum atomic E-state index is 12.9. The van der Waals surface area contributed by atoms with Crippen LogP contribution in [0.2, 0.25) is 0 Å². The molecule has 8 heteroatoms. The monoisotopic (exact) mass is 376 g/mol. The lowest BCUT2D eigenvalue weighted by Crippen LogP contribution is -2.37. The number of amides is 1. The molecule has 146 valence electrons. The molecule has 0 unspecified atom stereocenters. The predicted octanol–water partition coefficient (Wildman–Crippen LogP) is 2.37. The largest absolute Gasteiger partial charge is 0.464 e. The molecule has 2 heterocycles. The van der Waals surface area contributed by atoms with Gasteiger partial charge in [0.15, 0.2) is 11.5 Å². The van der Waals surface area contributed by atoms with Crippen LogP contribution in [0.4, 0.5) is 0 Å². The molecule has 2 aromatic rings. The van der Waals surface area contributed by atoms with Gasteiger partial charge in [0, 0.05) is 31.5 Å². The number of ketones is 1. The van der Waals surface area contributed by atoms with Crippen molar-refractivity contribution in [2.75, 3.05) is 33.9 Å². The second-order valence-corrected chi connectivity index (χ2v) is 6.09.